The summed E-state index contributed by atoms with van der Waals surface area (Å²) in [5, 5.41) is 0.653. The first-order chi connectivity index (χ1) is 9.38. The van der Waals surface area contributed by atoms with Crippen LogP contribution in [-0.4, -0.2) is 34.8 Å². The van der Waals surface area contributed by atoms with Crippen LogP contribution >= 0.6 is 11.8 Å². The Hall–Kier alpha value is -0.960. The summed E-state index contributed by atoms with van der Waals surface area (Å²) in [5.74, 6) is 2.65. The summed E-state index contributed by atoms with van der Waals surface area (Å²) in [6.45, 7) is 4.55. The number of benzene rings is 1. The van der Waals surface area contributed by atoms with Crippen LogP contribution in [-0.2, 0) is 0 Å². The van der Waals surface area contributed by atoms with E-state index < -0.39 is 0 Å². The normalized spacial score (nSPS) is 25.5. The second-order valence-electron chi connectivity index (χ2n) is 5.36. The van der Waals surface area contributed by atoms with E-state index in [1.165, 1.54) is 43.0 Å². The molecule has 0 amide bonds. The lowest BCUT2D eigenvalue weighted by Gasteiger charge is -2.13. The highest BCUT2D eigenvalue weighted by atomic mass is 32.2. The molecule has 0 N–H and O–H groups in total. The number of amidine groups is 1. The van der Waals surface area contributed by atoms with Crippen LogP contribution in [0.25, 0.3) is 0 Å². The molecule has 1 fully saturated rings. The molecule has 0 aromatic heterocycles. The maximum Gasteiger partial charge on any atom is 0.113 e. The molecule has 2 nitrogen and oxygen atoms in total. The van der Waals surface area contributed by atoms with Gasteiger partial charge in [0, 0.05) is 13.1 Å². The molecule has 2 aliphatic rings. The molecule has 2 unspecified atom stereocenters. The van der Waals surface area contributed by atoms with Crippen LogP contribution < -0.4 is 0 Å². The Bertz CT molecular complexity index is 443. The van der Waals surface area contributed by atoms with Gasteiger partial charge >= 0.3 is 0 Å². The predicted molar refractivity (Wildman–Crippen MR) is 84.0 cm³/mol. The first-order valence-corrected chi connectivity index (χ1v) is 8.42. The van der Waals surface area contributed by atoms with Gasteiger partial charge in [-0.2, -0.15) is 11.8 Å². The number of thioether (sulfide) groups is 1. The summed E-state index contributed by atoms with van der Waals surface area (Å²) < 4.78 is 0. The second-order valence-corrected chi connectivity index (χ2v) is 6.67. The van der Waals surface area contributed by atoms with Crippen LogP contribution in [0.1, 0.15) is 37.8 Å². The van der Waals surface area contributed by atoms with Gasteiger partial charge < -0.3 is 4.90 Å². The number of unbranched alkanes of at least 4 members (excludes halogenated alkanes) is 1. The third-order valence-corrected chi connectivity index (χ3v) is 5.33. The van der Waals surface area contributed by atoms with Gasteiger partial charge in [0.05, 0.1) is 11.3 Å². The lowest BCUT2D eigenvalue weighted by molar-refractivity contribution is 0.454. The van der Waals surface area contributed by atoms with E-state index in [1.54, 1.807) is 0 Å². The summed E-state index contributed by atoms with van der Waals surface area (Å²) in [7, 11) is 0. The first kappa shape index (κ1) is 13.0. The Morgan fingerprint density at radius 3 is 2.95 bits per heavy atom. The average Bonchev–Trinajstić information content (AvgIpc) is 3.02. The highest BCUT2D eigenvalue weighted by molar-refractivity contribution is 8.00. The van der Waals surface area contributed by atoms with Gasteiger partial charge in [-0.1, -0.05) is 43.7 Å². The van der Waals surface area contributed by atoms with Gasteiger partial charge in [-0.25, -0.2) is 0 Å². The number of aliphatic imine (C=N–C) groups is 1. The Kier molecular flexibility index (Phi) is 4.12. The van der Waals surface area contributed by atoms with Crippen LogP contribution in [0, 0.1) is 0 Å². The van der Waals surface area contributed by atoms with Crippen LogP contribution in [0.5, 0.6) is 0 Å². The molecule has 2 atom stereocenters. The quantitative estimate of drug-likeness (QED) is 0.760. The van der Waals surface area contributed by atoms with Crippen LogP contribution in [0.2, 0.25) is 0 Å². The maximum atomic E-state index is 5.00. The minimum Gasteiger partial charge on any atom is -0.357 e. The first-order valence-electron chi connectivity index (χ1n) is 7.37. The zero-order valence-corrected chi connectivity index (χ0v) is 12.4. The maximum absolute atomic E-state index is 5.00. The number of nitrogens with zero attached hydrogens (tertiary/aromatic N) is 2. The van der Waals surface area contributed by atoms with E-state index in [-0.39, 0.29) is 0 Å². The average molecular weight is 274 g/mol. The second kappa shape index (κ2) is 6.00. The van der Waals surface area contributed by atoms with Gasteiger partial charge in [0.25, 0.3) is 0 Å². The third-order valence-electron chi connectivity index (χ3n) is 3.96. The van der Waals surface area contributed by atoms with Crippen molar-refractivity contribution >= 4 is 17.6 Å². The van der Waals surface area contributed by atoms with Crippen molar-refractivity contribution in [1.82, 2.24) is 4.90 Å². The molecule has 0 radical (unpaired) electrons. The summed E-state index contributed by atoms with van der Waals surface area (Å²) in [6.07, 6.45) is 3.91. The smallest absolute Gasteiger partial charge is 0.113 e. The van der Waals surface area contributed by atoms with Crippen molar-refractivity contribution in [3.8, 4) is 0 Å². The lowest BCUT2D eigenvalue weighted by Crippen LogP contribution is -2.25. The Labute approximate surface area is 120 Å². The fourth-order valence-electron chi connectivity index (χ4n) is 2.86. The molecule has 0 spiro atoms. The van der Waals surface area contributed by atoms with Crippen molar-refractivity contribution in [1.29, 1.82) is 0 Å². The van der Waals surface area contributed by atoms with Gasteiger partial charge in [-0.15, -0.1) is 0 Å². The highest BCUT2D eigenvalue weighted by Crippen LogP contribution is 2.34. The SMILES string of the molecule is CCCCSC1CCN2CC(c3ccccc3)N=C12. The molecule has 0 bridgehead atoms. The summed E-state index contributed by atoms with van der Waals surface area (Å²) in [6, 6.07) is 11.1. The van der Waals surface area contributed by atoms with Gasteiger partial charge in [0.15, 0.2) is 0 Å². The minimum absolute atomic E-state index is 0.366. The van der Waals surface area contributed by atoms with Crippen molar-refractivity contribution in [3.63, 3.8) is 0 Å². The van der Waals surface area contributed by atoms with Crippen molar-refractivity contribution in [2.45, 2.75) is 37.5 Å². The van der Waals surface area contributed by atoms with Crippen molar-refractivity contribution in [3.05, 3.63) is 35.9 Å². The number of fused-ring (bicyclic) bond motifs is 1. The largest absolute Gasteiger partial charge is 0.357 e. The highest BCUT2D eigenvalue weighted by Gasteiger charge is 2.36. The molecule has 1 aromatic carbocycles. The Morgan fingerprint density at radius 2 is 2.16 bits per heavy atom. The minimum atomic E-state index is 0.366. The molecular formula is C16H22N2S. The molecule has 2 heterocycles. The number of hydrogen-bond acceptors (Lipinski definition) is 3. The van der Waals surface area contributed by atoms with Crippen LogP contribution in [0.3, 0.4) is 0 Å². The standard InChI is InChI=1S/C16H22N2S/c1-2-3-11-19-15-9-10-18-12-14(17-16(15)18)13-7-5-4-6-8-13/h4-8,14-15H,2-3,9-12H2,1H3. The molecule has 19 heavy (non-hydrogen) atoms. The summed E-state index contributed by atoms with van der Waals surface area (Å²) >= 11 is 2.11. The van der Waals surface area contributed by atoms with Crippen LogP contribution in [0.15, 0.2) is 35.3 Å². The summed E-state index contributed by atoms with van der Waals surface area (Å²) in [4.78, 5) is 7.50. The Morgan fingerprint density at radius 1 is 1.32 bits per heavy atom. The van der Waals surface area contributed by atoms with Crippen molar-refractivity contribution < 1.29 is 0 Å². The fourth-order valence-corrected chi connectivity index (χ4v) is 4.23. The van der Waals surface area contributed by atoms with Gasteiger partial charge in [0.1, 0.15) is 5.84 Å². The zero-order chi connectivity index (χ0) is 13.1. The fraction of sp³-hybridized carbons (Fsp3) is 0.562. The third kappa shape index (κ3) is 2.81. The molecule has 0 aliphatic carbocycles. The summed E-state index contributed by atoms with van der Waals surface area (Å²) in [5.41, 5.74) is 1.36. The van der Waals surface area contributed by atoms with E-state index in [4.69, 9.17) is 4.99 Å². The predicted octanol–water partition coefficient (Wildman–Crippen LogP) is 3.75. The lowest BCUT2D eigenvalue weighted by atomic mass is 10.1. The molecule has 3 rings (SSSR count). The molecule has 102 valence electrons. The van der Waals surface area contributed by atoms with E-state index in [1.807, 2.05) is 0 Å². The topological polar surface area (TPSA) is 15.6 Å². The number of rotatable bonds is 5. The zero-order valence-electron chi connectivity index (χ0n) is 11.6. The molecule has 2 aliphatic heterocycles. The Balaban J connectivity index is 1.67. The van der Waals surface area contributed by atoms with Gasteiger partial charge in [-0.05, 0) is 24.2 Å². The molecular weight excluding hydrogens is 252 g/mol. The number of hydrogen-bond donors (Lipinski definition) is 0. The van der Waals surface area contributed by atoms with Gasteiger partial charge in [0.2, 0.25) is 0 Å². The van der Waals surface area contributed by atoms with Crippen molar-refractivity contribution in [2.75, 3.05) is 18.8 Å². The van der Waals surface area contributed by atoms with Crippen LogP contribution in [0.4, 0.5) is 0 Å². The van der Waals surface area contributed by atoms with E-state index in [9.17, 15) is 0 Å². The molecule has 1 aromatic rings. The molecule has 1 saturated heterocycles. The molecule has 0 saturated carbocycles. The molecule has 3 heteroatoms. The van der Waals surface area contributed by atoms with Crippen molar-refractivity contribution in [2.24, 2.45) is 4.99 Å². The van der Waals surface area contributed by atoms with Gasteiger partial charge in [-0.3, -0.25) is 4.99 Å². The van der Waals surface area contributed by atoms with E-state index in [2.05, 4.69) is 53.9 Å². The monoisotopic (exact) mass is 274 g/mol. The van der Waals surface area contributed by atoms with E-state index >= 15 is 0 Å². The van der Waals surface area contributed by atoms with E-state index in [0.717, 1.165) is 6.54 Å². The van der Waals surface area contributed by atoms with E-state index in [0.29, 0.717) is 11.3 Å².